The summed E-state index contributed by atoms with van der Waals surface area (Å²) < 4.78 is 0. The predicted octanol–water partition coefficient (Wildman–Crippen LogP) is 3.85. The first kappa shape index (κ1) is 13.8. The number of aliphatic imine (C=N–C) groups is 1. The Hall–Kier alpha value is -1.31. The second kappa shape index (κ2) is 7.88. The van der Waals surface area contributed by atoms with Gasteiger partial charge in [0, 0.05) is 24.4 Å². The van der Waals surface area contributed by atoms with Gasteiger partial charge in [0.05, 0.1) is 0 Å². The number of nitrogens with two attached hydrogens (primary N) is 1. The fourth-order valence-corrected chi connectivity index (χ4v) is 1.80. The lowest BCUT2D eigenvalue weighted by Crippen LogP contribution is -1.99. The molecule has 2 heteroatoms. The third-order valence-electron chi connectivity index (χ3n) is 2.83. The van der Waals surface area contributed by atoms with Crippen molar-refractivity contribution in [2.75, 3.05) is 12.3 Å². The van der Waals surface area contributed by atoms with Gasteiger partial charge in [0.1, 0.15) is 0 Å². The second-order valence-electron chi connectivity index (χ2n) is 4.60. The molecular formula is C15H24N2. The number of hydrogen-bond donors (Lipinski definition) is 1. The minimum atomic E-state index is 0.822. The Balaban J connectivity index is 2.30. The lowest BCUT2D eigenvalue weighted by Gasteiger charge is -2.02. The standard InChI is InChI=1S/C15H24N2/c1-3-4-5-6-11-17-13(2)12-14-7-9-15(16)10-8-14/h7-10H,3-6,11-12,16H2,1-2H3. The van der Waals surface area contributed by atoms with Crippen LogP contribution < -0.4 is 5.73 Å². The summed E-state index contributed by atoms with van der Waals surface area (Å²) in [6.45, 7) is 5.31. The number of nitrogen functional groups attached to an aromatic ring is 1. The van der Waals surface area contributed by atoms with Crippen molar-refractivity contribution in [2.45, 2.75) is 46.0 Å². The maximum absolute atomic E-state index is 5.65. The molecule has 0 radical (unpaired) electrons. The van der Waals surface area contributed by atoms with Gasteiger partial charge in [-0.1, -0.05) is 38.3 Å². The number of hydrogen-bond acceptors (Lipinski definition) is 2. The first-order valence-electron chi connectivity index (χ1n) is 6.56. The van der Waals surface area contributed by atoms with Gasteiger partial charge in [0.15, 0.2) is 0 Å². The van der Waals surface area contributed by atoms with E-state index in [4.69, 9.17) is 5.73 Å². The van der Waals surface area contributed by atoms with Crippen molar-refractivity contribution in [1.29, 1.82) is 0 Å². The molecular weight excluding hydrogens is 208 g/mol. The summed E-state index contributed by atoms with van der Waals surface area (Å²) in [7, 11) is 0. The molecule has 1 aromatic carbocycles. The molecule has 0 aromatic heterocycles. The van der Waals surface area contributed by atoms with Gasteiger partial charge in [-0.05, 0) is 31.0 Å². The molecule has 1 aromatic rings. The molecule has 0 saturated carbocycles. The van der Waals surface area contributed by atoms with Crippen LogP contribution in [0.5, 0.6) is 0 Å². The van der Waals surface area contributed by atoms with E-state index in [1.807, 2.05) is 12.1 Å². The van der Waals surface area contributed by atoms with E-state index >= 15 is 0 Å². The highest BCUT2D eigenvalue weighted by molar-refractivity contribution is 5.84. The summed E-state index contributed by atoms with van der Waals surface area (Å²) in [5, 5.41) is 0. The van der Waals surface area contributed by atoms with Crippen LogP contribution in [0.1, 0.15) is 45.1 Å². The molecule has 0 atom stereocenters. The number of nitrogens with zero attached hydrogens (tertiary/aromatic N) is 1. The lowest BCUT2D eigenvalue weighted by molar-refractivity contribution is 0.674. The number of rotatable bonds is 7. The van der Waals surface area contributed by atoms with Crippen molar-refractivity contribution >= 4 is 11.4 Å². The van der Waals surface area contributed by atoms with Gasteiger partial charge in [-0.2, -0.15) is 0 Å². The molecule has 0 unspecified atom stereocenters. The topological polar surface area (TPSA) is 38.4 Å². The molecule has 0 fully saturated rings. The van der Waals surface area contributed by atoms with E-state index in [1.54, 1.807) is 0 Å². The molecule has 0 spiro atoms. The molecule has 1 rings (SSSR count). The fourth-order valence-electron chi connectivity index (χ4n) is 1.80. The Morgan fingerprint density at radius 1 is 1.12 bits per heavy atom. The number of benzene rings is 1. The van der Waals surface area contributed by atoms with Crippen LogP contribution in [0.25, 0.3) is 0 Å². The highest BCUT2D eigenvalue weighted by atomic mass is 14.7. The van der Waals surface area contributed by atoms with Gasteiger partial charge in [0.2, 0.25) is 0 Å². The van der Waals surface area contributed by atoms with Crippen LogP contribution in [0.2, 0.25) is 0 Å². The van der Waals surface area contributed by atoms with Gasteiger partial charge >= 0.3 is 0 Å². The zero-order valence-electron chi connectivity index (χ0n) is 11.1. The van der Waals surface area contributed by atoms with Crippen molar-refractivity contribution < 1.29 is 0 Å². The Morgan fingerprint density at radius 2 is 1.82 bits per heavy atom. The molecule has 0 bridgehead atoms. The average molecular weight is 232 g/mol. The van der Waals surface area contributed by atoms with E-state index in [-0.39, 0.29) is 0 Å². The van der Waals surface area contributed by atoms with E-state index in [0.717, 1.165) is 18.7 Å². The van der Waals surface area contributed by atoms with E-state index in [9.17, 15) is 0 Å². The first-order valence-corrected chi connectivity index (χ1v) is 6.56. The number of anilines is 1. The third kappa shape index (κ3) is 6.10. The van der Waals surface area contributed by atoms with E-state index in [0.29, 0.717) is 0 Å². The molecule has 0 aliphatic rings. The van der Waals surface area contributed by atoms with Gasteiger partial charge in [-0.3, -0.25) is 4.99 Å². The summed E-state index contributed by atoms with van der Waals surface area (Å²) in [6.07, 6.45) is 6.07. The summed E-state index contributed by atoms with van der Waals surface area (Å²) in [5.41, 5.74) is 8.98. The monoisotopic (exact) mass is 232 g/mol. The SMILES string of the molecule is CCCCCCN=C(C)Cc1ccc(N)cc1. The van der Waals surface area contributed by atoms with Crippen LogP contribution in [-0.2, 0) is 6.42 Å². The number of unbranched alkanes of at least 4 members (excludes halogenated alkanes) is 3. The molecule has 94 valence electrons. The zero-order valence-corrected chi connectivity index (χ0v) is 11.1. The summed E-state index contributed by atoms with van der Waals surface area (Å²) in [6, 6.07) is 8.05. The highest BCUT2D eigenvalue weighted by Crippen LogP contribution is 2.07. The van der Waals surface area contributed by atoms with Crippen molar-refractivity contribution in [3.8, 4) is 0 Å². The third-order valence-corrected chi connectivity index (χ3v) is 2.83. The molecule has 2 N–H and O–H groups in total. The van der Waals surface area contributed by atoms with Crippen LogP contribution in [0.3, 0.4) is 0 Å². The maximum Gasteiger partial charge on any atom is 0.0388 e. The molecule has 2 nitrogen and oxygen atoms in total. The molecule has 0 saturated heterocycles. The summed E-state index contributed by atoms with van der Waals surface area (Å²) in [4.78, 5) is 4.60. The quantitative estimate of drug-likeness (QED) is 0.433. The fraction of sp³-hybridized carbons (Fsp3) is 0.533. The maximum atomic E-state index is 5.65. The Morgan fingerprint density at radius 3 is 2.47 bits per heavy atom. The minimum Gasteiger partial charge on any atom is -0.399 e. The van der Waals surface area contributed by atoms with Crippen LogP contribution in [-0.4, -0.2) is 12.3 Å². The van der Waals surface area contributed by atoms with Crippen molar-refractivity contribution in [2.24, 2.45) is 4.99 Å². The van der Waals surface area contributed by atoms with Crippen LogP contribution in [0, 0.1) is 0 Å². The van der Waals surface area contributed by atoms with Gasteiger partial charge < -0.3 is 5.73 Å². The Kier molecular flexibility index (Phi) is 6.38. The van der Waals surface area contributed by atoms with E-state index < -0.39 is 0 Å². The average Bonchev–Trinajstić information content (AvgIpc) is 2.32. The summed E-state index contributed by atoms with van der Waals surface area (Å²) >= 11 is 0. The second-order valence-corrected chi connectivity index (χ2v) is 4.60. The molecule has 0 heterocycles. The first-order chi connectivity index (χ1) is 8.22. The Bertz CT molecular complexity index is 338. The molecule has 0 aliphatic carbocycles. The smallest absolute Gasteiger partial charge is 0.0388 e. The minimum absolute atomic E-state index is 0.822. The normalized spacial score (nSPS) is 11.8. The Labute approximate surface area is 105 Å². The van der Waals surface area contributed by atoms with Crippen molar-refractivity contribution in [1.82, 2.24) is 0 Å². The molecule has 0 aliphatic heterocycles. The van der Waals surface area contributed by atoms with Crippen LogP contribution in [0.4, 0.5) is 5.69 Å². The van der Waals surface area contributed by atoms with E-state index in [1.165, 1.54) is 37.0 Å². The van der Waals surface area contributed by atoms with Gasteiger partial charge in [0.25, 0.3) is 0 Å². The lowest BCUT2D eigenvalue weighted by atomic mass is 10.1. The van der Waals surface area contributed by atoms with E-state index in [2.05, 4.69) is 31.0 Å². The largest absolute Gasteiger partial charge is 0.399 e. The molecule has 17 heavy (non-hydrogen) atoms. The van der Waals surface area contributed by atoms with Crippen molar-refractivity contribution in [3.63, 3.8) is 0 Å². The van der Waals surface area contributed by atoms with Crippen LogP contribution >= 0.6 is 0 Å². The van der Waals surface area contributed by atoms with Crippen molar-refractivity contribution in [3.05, 3.63) is 29.8 Å². The molecule has 0 amide bonds. The van der Waals surface area contributed by atoms with Gasteiger partial charge in [-0.25, -0.2) is 0 Å². The predicted molar refractivity (Wildman–Crippen MR) is 76.7 cm³/mol. The summed E-state index contributed by atoms with van der Waals surface area (Å²) in [5.74, 6) is 0. The zero-order chi connectivity index (χ0) is 12.5. The highest BCUT2D eigenvalue weighted by Gasteiger charge is 1.96. The van der Waals surface area contributed by atoms with Gasteiger partial charge in [-0.15, -0.1) is 0 Å². The van der Waals surface area contributed by atoms with Crippen LogP contribution in [0.15, 0.2) is 29.3 Å².